The minimum Gasteiger partial charge on any atom is -0.379 e. The van der Waals surface area contributed by atoms with Crippen molar-refractivity contribution < 1.29 is 13.9 Å². The highest BCUT2D eigenvalue weighted by atomic mass is 32.1. The summed E-state index contributed by atoms with van der Waals surface area (Å²) in [5, 5.41) is 5.84. The third kappa shape index (κ3) is 5.33. The Hall–Kier alpha value is -1.83. The van der Waals surface area contributed by atoms with Gasteiger partial charge in [0.05, 0.1) is 25.5 Å². The maximum Gasteiger partial charge on any atom is 0.223 e. The van der Waals surface area contributed by atoms with Crippen molar-refractivity contribution in [2.24, 2.45) is 5.92 Å². The molecule has 1 aliphatic rings. The van der Waals surface area contributed by atoms with Gasteiger partial charge in [-0.1, -0.05) is 25.1 Å². The number of benzene rings is 1. The molecule has 0 aliphatic carbocycles. The van der Waals surface area contributed by atoms with Crippen molar-refractivity contribution in [3.63, 3.8) is 0 Å². The minimum atomic E-state index is -0.292. The van der Waals surface area contributed by atoms with Gasteiger partial charge in [-0.3, -0.25) is 9.69 Å². The van der Waals surface area contributed by atoms with Gasteiger partial charge >= 0.3 is 0 Å². The van der Waals surface area contributed by atoms with Crippen LogP contribution in [0.1, 0.15) is 23.2 Å². The molecule has 0 spiro atoms. The number of carbonyl (C=O) groups is 1. The molecule has 1 aromatic heterocycles. The molecule has 5 nitrogen and oxygen atoms in total. The molecule has 1 aromatic carbocycles. The Bertz CT molecular complexity index is 731. The molecule has 0 saturated carbocycles. The van der Waals surface area contributed by atoms with Gasteiger partial charge in [-0.25, -0.2) is 9.37 Å². The van der Waals surface area contributed by atoms with Crippen LogP contribution in [-0.4, -0.2) is 42.1 Å². The molecule has 1 atom stereocenters. The van der Waals surface area contributed by atoms with E-state index in [4.69, 9.17) is 4.74 Å². The summed E-state index contributed by atoms with van der Waals surface area (Å²) < 4.78 is 19.1. The highest BCUT2D eigenvalue weighted by molar-refractivity contribution is 7.09. The Morgan fingerprint density at radius 1 is 1.38 bits per heavy atom. The molecule has 2 aromatic rings. The van der Waals surface area contributed by atoms with Crippen molar-refractivity contribution in [1.29, 1.82) is 0 Å². The monoisotopic (exact) mass is 377 g/mol. The molecule has 1 N–H and O–H groups in total. The number of carbonyl (C=O) groups excluding carboxylic acids is 1. The Kier molecular flexibility index (Phi) is 6.71. The maximum absolute atomic E-state index is 13.7. The van der Waals surface area contributed by atoms with E-state index in [1.54, 1.807) is 29.5 Å². The fourth-order valence-electron chi connectivity index (χ4n) is 2.91. The van der Waals surface area contributed by atoms with Crippen LogP contribution in [-0.2, 0) is 29.0 Å². The summed E-state index contributed by atoms with van der Waals surface area (Å²) in [6.45, 7) is 6.44. The van der Waals surface area contributed by atoms with Crippen LogP contribution in [0.5, 0.6) is 0 Å². The normalized spacial score (nSPS) is 16.4. The zero-order chi connectivity index (χ0) is 18.4. The van der Waals surface area contributed by atoms with Crippen molar-refractivity contribution in [3.8, 4) is 0 Å². The zero-order valence-electron chi connectivity index (χ0n) is 14.9. The van der Waals surface area contributed by atoms with Crippen molar-refractivity contribution >= 4 is 17.2 Å². The summed E-state index contributed by atoms with van der Waals surface area (Å²) in [6.07, 6.45) is 0.388. The summed E-state index contributed by atoms with van der Waals surface area (Å²) in [5.74, 6) is -0.641. The lowest BCUT2D eigenvalue weighted by Gasteiger charge is -2.25. The SMILES string of the molecule is CC(Cc1ccccc1F)C(=O)NCc1nc(CN2CCOCC2)cs1. The van der Waals surface area contributed by atoms with E-state index in [0.29, 0.717) is 18.5 Å². The van der Waals surface area contributed by atoms with Crippen LogP contribution in [0.25, 0.3) is 0 Å². The van der Waals surface area contributed by atoms with E-state index in [1.165, 1.54) is 6.07 Å². The molecular formula is C19H24FN3O2S. The van der Waals surface area contributed by atoms with Crippen LogP contribution in [0.15, 0.2) is 29.6 Å². The molecule has 7 heteroatoms. The zero-order valence-corrected chi connectivity index (χ0v) is 15.7. The molecule has 0 radical (unpaired) electrons. The highest BCUT2D eigenvalue weighted by Crippen LogP contribution is 2.15. The van der Waals surface area contributed by atoms with Crippen molar-refractivity contribution in [3.05, 3.63) is 51.7 Å². The molecular weight excluding hydrogens is 353 g/mol. The van der Waals surface area contributed by atoms with E-state index in [9.17, 15) is 9.18 Å². The van der Waals surface area contributed by atoms with Crippen molar-refractivity contribution in [2.45, 2.75) is 26.4 Å². The first-order valence-electron chi connectivity index (χ1n) is 8.86. The number of morpholine rings is 1. The number of thiazole rings is 1. The van der Waals surface area contributed by atoms with Gasteiger partial charge in [0.1, 0.15) is 10.8 Å². The van der Waals surface area contributed by atoms with Gasteiger partial charge in [0.25, 0.3) is 0 Å². The van der Waals surface area contributed by atoms with E-state index in [0.717, 1.165) is 43.5 Å². The van der Waals surface area contributed by atoms with Gasteiger partial charge in [0.2, 0.25) is 5.91 Å². The summed E-state index contributed by atoms with van der Waals surface area (Å²) in [7, 11) is 0. The van der Waals surface area contributed by atoms with Crippen LogP contribution in [0, 0.1) is 11.7 Å². The van der Waals surface area contributed by atoms with Crippen LogP contribution in [0.2, 0.25) is 0 Å². The molecule has 1 unspecified atom stereocenters. The standard InChI is InChI=1S/C19H24FN3O2S/c1-14(10-15-4-2-3-5-17(15)20)19(24)21-11-18-22-16(13-26-18)12-23-6-8-25-9-7-23/h2-5,13-14H,6-12H2,1H3,(H,21,24). The molecule has 1 aliphatic heterocycles. The topological polar surface area (TPSA) is 54.5 Å². The van der Waals surface area contributed by atoms with Gasteiger partial charge < -0.3 is 10.1 Å². The predicted octanol–water partition coefficient (Wildman–Crippen LogP) is 2.61. The fourth-order valence-corrected chi connectivity index (χ4v) is 3.64. The van der Waals surface area contributed by atoms with Gasteiger partial charge in [-0.15, -0.1) is 11.3 Å². The lowest BCUT2D eigenvalue weighted by molar-refractivity contribution is -0.124. The number of nitrogens with zero attached hydrogens (tertiary/aromatic N) is 2. The van der Waals surface area contributed by atoms with Gasteiger partial charge in [-0.05, 0) is 18.1 Å². The lowest BCUT2D eigenvalue weighted by Crippen LogP contribution is -2.35. The Morgan fingerprint density at radius 3 is 2.92 bits per heavy atom. The first kappa shape index (κ1) is 18.9. The number of nitrogens with one attached hydrogen (secondary N) is 1. The van der Waals surface area contributed by atoms with Crippen molar-refractivity contribution in [2.75, 3.05) is 26.3 Å². The van der Waals surface area contributed by atoms with Gasteiger partial charge in [0.15, 0.2) is 0 Å². The Morgan fingerprint density at radius 2 is 2.15 bits per heavy atom. The number of aromatic nitrogens is 1. The lowest BCUT2D eigenvalue weighted by atomic mass is 10.00. The van der Waals surface area contributed by atoms with Crippen molar-refractivity contribution in [1.82, 2.24) is 15.2 Å². The third-order valence-electron chi connectivity index (χ3n) is 4.43. The van der Waals surface area contributed by atoms with Gasteiger partial charge in [-0.2, -0.15) is 0 Å². The van der Waals surface area contributed by atoms with Crippen LogP contribution in [0.3, 0.4) is 0 Å². The first-order valence-corrected chi connectivity index (χ1v) is 9.74. The molecule has 1 fully saturated rings. The highest BCUT2D eigenvalue weighted by Gasteiger charge is 2.16. The molecule has 2 heterocycles. The number of ether oxygens (including phenoxy) is 1. The van der Waals surface area contributed by atoms with Crippen LogP contribution >= 0.6 is 11.3 Å². The van der Waals surface area contributed by atoms with E-state index < -0.39 is 0 Å². The molecule has 140 valence electrons. The fraction of sp³-hybridized carbons (Fsp3) is 0.474. The summed E-state index contributed by atoms with van der Waals surface area (Å²) in [4.78, 5) is 19.2. The molecule has 3 rings (SSSR count). The average molecular weight is 377 g/mol. The number of hydrogen-bond acceptors (Lipinski definition) is 5. The second-order valence-corrected chi connectivity index (χ2v) is 7.48. The molecule has 1 saturated heterocycles. The number of halogens is 1. The second-order valence-electron chi connectivity index (χ2n) is 6.54. The van der Waals surface area contributed by atoms with E-state index in [-0.39, 0.29) is 17.6 Å². The molecule has 0 bridgehead atoms. The Labute approximate surface area is 157 Å². The van der Waals surface area contributed by atoms with Crippen LogP contribution in [0.4, 0.5) is 4.39 Å². The minimum absolute atomic E-state index is 0.0850. The average Bonchev–Trinajstić information content (AvgIpc) is 3.09. The summed E-state index contributed by atoms with van der Waals surface area (Å²) in [6, 6.07) is 6.58. The number of rotatable bonds is 7. The smallest absolute Gasteiger partial charge is 0.223 e. The maximum atomic E-state index is 13.7. The van der Waals surface area contributed by atoms with E-state index >= 15 is 0 Å². The number of hydrogen-bond donors (Lipinski definition) is 1. The van der Waals surface area contributed by atoms with Gasteiger partial charge in [0, 0.05) is 30.9 Å². The summed E-state index contributed by atoms with van der Waals surface area (Å²) in [5.41, 5.74) is 1.60. The molecule has 1 amide bonds. The summed E-state index contributed by atoms with van der Waals surface area (Å²) >= 11 is 1.55. The largest absolute Gasteiger partial charge is 0.379 e. The third-order valence-corrected chi connectivity index (χ3v) is 5.33. The van der Waals surface area contributed by atoms with E-state index in [1.807, 2.05) is 12.3 Å². The number of amides is 1. The second kappa shape index (κ2) is 9.21. The first-order chi connectivity index (χ1) is 12.6. The van der Waals surface area contributed by atoms with Crippen LogP contribution < -0.4 is 5.32 Å². The molecule has 26 heavy (non-hydrogen) atoms. The van der Waals surface area contributed by atoms with E-state index in [2.05, 4.69) is 15.2 Å². The predicted molar refractivity (Wildman–Crippen MR) is 99.3 cm³/mol. The Balaban J connectivity index is 1.46. The quantitative estimate of drug-likeness (QED) is 0.806.